The summed E-state index contributed by atoms with van der Waals surface area (Å²) in [6, 6.07) is 10.5. The van der Waals surface area contributed by atoms with Crippen LogP contribution in [0.2, 0.25) is 0 Å². The van der Waals surface area contributed by atoms with Gasteiger partial charge in [0.05, 0.1) is 12.1 Å². The Balaban J connectivity index is 1.50. The highest BCUT2D eigenvalue weighted by Gasteiger charge is 2.33. The molecule has 1 fully saturated rings. The quantitative estimate of drug-likeness (QED) is 0.765. The van der Waals surface area contributed by atoms with E-state index in [4.69, 9.17) is 9.15 Å². The molecule has 7 heteroatoms. The Morgan fingerprint density at radius 2 is 2.20 bits per heavy atom. The molecular weight excluding hydrogens is 318 g/mol. The highest BCUT2D eigenvalue weighted by molar-refractivity contribution is 5.74. The lowest BCUT2D eigenvalue weighted by Crippen LogP contribution is -2.35. The molecule has 0 unspecified atom stereocenters. The van der Waals surface area contributed by atoms with Gasteiger partial charge in [-0.05, 0) is 25.5 Å². The van der Waals surface area contributed by atoms with E-state index in [1.54, 1.807) is 13.4 Å². The summed E-state index contributed by atoms with van der Waals surface area (Å²) < 4.78 is 11.3. The maximum Gasteiger partial charge on any atom is 0.295 e. The van der Waals surface area contributed by atoms with E-state index in [-0.39, 0.29) is 12.1 Å². The first kappa shape index (κ1) is 15.8. The minimum Gasteiger partial charge on any atom is -0.424 e. The fourth-order valence-corrected chi connectivity index (χ4v) is 3.27. The van der Waals surface area contributed by atoms with Gasteiger partial charge in [-0.2, -0.15) is 4.98 Å². The van der Waals surface area contributed by atoms with Crippen molar-refractivity contribution in [1.82, 2.24) is 15.0 Å². The molecule has 1 aromatic carbocycles. The number of aromatic nitrogens is 3. The number of benzene rings is 1. The zero-order valence-electron chi connectivity index (χ0n) is 14.3. The summed E-state index contributed by atoms with van der Waals surface area (Å²) in [5, 5.41) is 3.32. The van der Waals surface area contributed by atoms with Crippen molar-refractivity contribution >= 4 is 22.9 Å². The second-order valence-corrected chi connectivity index (χ2v) is 6.28. The maximum atomic E-state index is 5.74. The molecule has 1 aliphatic heterocycles. The summed E-state index contributed by atoms with van der Waals surface area (Å²) in [6.07, 6.45) is 2.72. The van der Waals surface area contributed by atoms with Crippen molar-refractivity contribution in [3.05, 3.63) is 42.4 Å². The third-order valence-electron chi connectivity index (χ3n) is 4.58. The van der Waals surface area contributed by atoms with E-state index in [2.05, 4.69) is 25.2 Å². The number of para-hydroxylation sites is 2. The monoisotopic (exact) mass is 339 g/mol. The summed E-state index contributed by atoms with van der Waals surface area (Å²) >= 11 is 0. The normalized spacial score (nSPS) is 20.3. The van der Waals surface area contributed by atoms with Crippen molar-refractivity contribution in [2.24, 2.45) is 0 Å². The highest BCUT2D eigenvalue weighted by Crippen LogP contribution is 2.26. The summed E-state index contributed by atoms with van der Waals surface area (Å²) in [5.74, 6) is 0.927. The van der Waals surface area contributed by atoms with Crippen LogP contribution < -0.4 is 10.2 Å². The Bertz CT molecular complexity index is 832. The molecule has 0 amide bonds. The number of oxazole rings is 1. The van der Waals surface area contributed by atoms with Crippen LogP contribution in [0.5, 0.6) is 0 Å². The maximum absolute atomic E-state index is 5.74. The average molecular weight is 339 g/mol. The molecule has 3 aromatic rings. The van der Waals surface area contributed by atoms with Crippen LogP contribution in [0, 0.1) is 6.92 Å². The van der Waals surface area contributed by atoms with E-state index < -0.39 is 0 Å². The van der Waals surface area contributed by atoms with E-state index >= 15 is 0 Å². The summed E-state index contributed by atoms with van der Waals surface area (Å²) in [7, 11) is 1.75. The fourth-order valence-electron chi connectivity index (χ4n) is 3.27. The van der Waals surface area contributed by atoms with E-state index in [0.717, 1.165) is 35.6 Å². The molecule has 0 aliphatic carbocycles. The smallest absolute Gasteiger partial charge is 0.295 e. The number of nitrogens with zero attached hydrogens (tertiary/aromatic N) is 4. The molecule has 25 heavy (non-hydrogen) atoms. The zero-order valence-corrected chi connectivity index (χ0v) is 14.3. The minimum atomic E-state index is 0.186. The number of anilines is 2. The number of hydrogen-bond donors (Lipinski definition) is 1. The number of ether oxygens (including phenoxy) is 1. The van der Waals surface area contributed by atoms with E-state index in [1.165, 1.54) is 0 Å². The van der Waals surface area contributed by atoms with Crippen LogP contribution >= 0.6 is 0 Å². The lowest BCUT2D eigenvalue weighted by Gasteiger charge is -2.25. The van der Waals surface area contributed by atoms with Gasteiger partial charge in [0.1, 0.15) is 17.7 Å². The van der Waals surface area contributed by atoms with Crippen LogP contribution in [0.15, 0.2) is 41.1 Å². The summed E-state index contributed by atoms with van der Waals surface area (Å²) in [4.78, 5) is 15.3. The van der Waals surface area contributed by atoms with Crippen LogP contribution in [0.25, 0.3) is 11.1 Å². The van der Waals surface area contributed by atoms with Crippen molar-refractivity contribution in [2.45, 2.75) is 25.5 Å². The molecule has 0 bridgehead atoms. The van der Waals surface area contributed by atoms with E-state index in [0.29, 0.717) is 12.6 Å². The third-order valence-corrected chi connectivity index (χ3v) is 4.58. The van der Waals surface area contributed by atoms with Gasteiger partial charge in [-0.1, -0.05) is 12.1 Å². The lowest BCUT2D eigenvalue weighted by molar-refractivity contribution is 0.118. The van der Waals surface area contributed by atoms with E-state index in [1.807, 2.05) is 37.3 Å². The number of aryl methyl sites for hydroxylation is 1. The van der Waals surface area contributed by atoms with E-state index in [9.17, 15) is 0 Å². The molecule has 2 atom stereocenters. The molecule has 2 aromatic heterocycles. The first-order valence-corrected chi connectivity index (χ1v) is 8.40. The third kappa shape index (κ3) is 3.28. The summed E-state index contributed by atoms with van der Waals surface area (Å²) in [6.45, 7) is 3.49. The van der Waals surface area contributed by atoms with Crippen LogP contribution in [-0.4, -0.2) is 47.3 Å². The molecule has 1 N–H and O–H groups in total. The molecular formula is C18H21N5O2. The molecule has 0 spiro atoms. The second-order valence-electron chi connectivity index (χ2n) is 6.28. The zero-order chi connectivity index (χ0) is 17.2. The van der Waals surface area contributed by atoms with Gasteiger partial charge in [-0.15, -0.1) is 0 Å². The van der Waals surface area contributed by atoms with Gasteiger partial charge in [-0.3, -0.25) is 0 Å². The topological polar surface area (TPSA) is 76.3 Å². The SMILES string of the molecule is CO[C@H]1C[C@@H](CNc2nc3ccccc3o2)N(c2cc(C)ncn2)C1. The molecule has 1 aliphatic rings. The molecule has 7 nitrogen and oxygen atoms in total. The highest BCUT2D eigenvalue weighted by atomic mass is 16.5. The van der Waals surface area contributed by atoms with Crippen molar-refractivity contribution in [1.29, 1.82) is 0 Å². The Hall–Kier alpha value is -2.67. The molecule has 0 radical (unpaired) electrons. The first-order chi connectivity index (χ1) is 12.2. The van der Waals surface area contributed by atoms with Crippen molar-refractivity contribution in [2.75, 3.05) is 30.4 Å². The van der Waals surface area contributed by atoms with Gasteiger partial charge in [0.15, 0.2) is 5.58 Å². The predicted octanol–water partition coefficient (Wildman–Crippen LogP) is 2.63. The number of fused-ring (bicyclic) bond motifs is 1. The Labute approximate surface area is 146 Å². The molecule has 130 valence electrons. The van der Waals surface area contributed by atoms with Crippen molar-refractivity contribution in [3.8, 4) is 0 Å². The Morgan fingerprint density at radius 1 is 1.32 bits per heavy atom. The lowest BCUT2D eigenvalue weighted by atomic mass is 10.2. The van der Waals surface area contributed by atoms with Gasteiger partial charge in [0.2, 0.25) is 0 Å². The summed E-state index contributed by atoms with van der Waals surface area (Å²) in [5.41, 5.74) is 2.60. The average Bonchev–Trinajstić information content (AvgIpc) is 3.23. The molecule has 1 saturated heterocycles. The van der Waals surface area contributed by atoms with Gasteiger partial charge in [-0.25, -0.2) is 9.97 Å². The molecule has 3 heterocycles. The fraction of sp³-hybridized carbons (Fsp3) is 0.389. The van der Waals surface area contributed by atoms with Gasteiger partial charge >= 0.3 is 0 Å². The number of methoxy groups -OCH3 is 1. The second kappa shape index (κ2) is 6.68. The van der Waals surface area contributed by atoms with Crippen LogP contribution in [0.3, 0.4) is 0 Å². The number of hydrogen-bond acceptors (Lipinski definition) is 7. The predicted molar refractivity (Wildman–Crippen MR) is 95.8 cm³/mol. The largest absolute Gasteiger partial charge is 0.424 e. The molecule has 0 saturated carbocycles. The number of rotatable bonds is 5. The van der Waals surface area contributed by atoms with Crippen LogP contribution in [0.1, 0.15) is 12.1 Å². The van der Waals surface area contributed by atoms with Crippen molar-refractivity contribution < 1.29 is 9.15 Å². The Morgan fingerprint density at radius 3 is 3.00 bits per heavy atom. The van der Waals surface area contributed by atoms with Crippen LogP contribution in [0.4, 0.5) is 11.8 Å². The molecule has 4 rings (SSSR count). The van der Waals surface area contributed by atoms with Gasteiger partial charge in [0.25, 0.3) is 6.01 Å². The van der Waals surface area contributed by atoms with Gasteiger partial charge in [0, 0.05) is 32.0 Å². The minimum absolute atomic E-state index is 0.186. The Kier molecular flexibility index (Phi) is 4.23. The van der Waals surface area contributed by atoms with Crippen molar-refractivity contribution in [3.63, 3.8) is 0 Å². The van der Waals surface area contributed by atoms with Crippen LogP contribution in [-0.2, 0) is 4.74 Å². The van der Waals surface area contributed by atoms with Gasteiger partial charge < -0.3 is 19.4 Å². The number of nitrogens with one attached hydrogen (secondary N) is 1. The first-order valence-electron chi connectivity index (χ1n) is 8.40. The standard InChI is InChI=1S/C18H21N5O2/c1-12-7-17(21-11-20-12)23-10-14(24-2)8-13(23)9-19-18-22-15-5-3-4-6-16(15)25-18/h3-7,11,13-14H,8-10H2,1-2H3,(H,19,22)/t13-,14-/m0/s1.